The number of carbonyl (C=O) groups is 1. The van der Waals surface area contributed by atoms with Crippen molar-refractivity contribution in [3.05, 3.63) is 17.8 Å². The second kappa shape index (κ2) is 7.46. The first-order chi connectivity index (χ1) is 8.65. The van der Waals surface area contributed by atoms with Crippen LogP contribution >= 0.6 is 0 Å². The second-order valence-corrected chi connectivity index (χ2v) is 3.53. The Hall–Kier alpha value is -1.86. The molecule has 1 amide bonds. The van der Waals surface area contributed by atoms with Crippen LogP contribution in [-0.4, -0.2) is 44.4 Å². The van der Waals surface area contributed by atoms with Crippen LogP contribution in [0.3, 0.4) is 0 Å². The van der Waals surface area contributed by atoms with Crippen LogP contribution < -0.4 is 16.8 Å². The van der Waals surface area contributed by atoms with Crippen molar-refractivity contribution in [2.45, 2.75) is 0 Å². The highest BCUT2D eigenvalue weighted by molar-refractivity contribution is 5.91. The van der Waals surface area contributed by atoms with Crippen LogP contribution in [0.1, 0.15) is 10.5 Å². The van der Waals surface area contributed by atoms with E-state index in [-0.39, 0.29) is 5.69 Å². The molecule has 1 rings (SSSR count). The summed E-state index contributed by atoms with van der Waals surface area (Å²) >= 11 is 0. The Morgan fingerprint density at radius 1 is 1.39 bits per heavy atom. The summed E-state index contributed by atoms with van der Waals surface area (Å²) in [6.07, 6.45) is 0. The second-order valence-electron chi connectivity index (χ2n) is 3.53. The minimum atomic E-state index is -0.589. The zero-order valence-corrected chi connectivity index (χ0v) is 10.3. The van der Waals surface area contributed by atoms with E-state index in [1.54, 1.807) is 13.2 Å². The molecule has 0 saturated carbocycles. The van der Waals surface area contributed by atoms with Gasteiger partial charge in [0.15, 0.2) is 0 Å². The quantitative estimate of drug-likeness (QED) is 0.555. The molecular weight excluding hydrogens is 236 g/mol. The molecule has 0 radical (unpaired) electrons. The summed E-state index contributed by atoms with van der Waals surface area (Å²) in [6, 6.07) is 3.07. The van der Waals surface area contributed by atoms with Crippen molar-refractivity contribution in [2.24, 2.45) is 5.73 Å². The summed E-state index contributed by atoms with van der Waals surface area (Å²) < 4.78 is 10.1. The third kappa shape index (κ3) is 4.56. The first kappa shape index (κ1) is 14.2. The molecule has 100 valence electrons. The lowest BCUT2D eigenvalue weighted by atomic mass is 10.3. The molecule has 0 saturated heterocycles. The van der Waals surface area contributed by atoms with Crippen LogP contribution in [-0.2, 0) is 9.47 Å². The van der Waals surface area contributed by atoms with Crippen molar-refractivity contribution in [1.82, 2.24) is 4.98 Å². The van der Waals surface area contributed by atoms with Gasteiger partial charge in [-0.05, 0) is 12.1 Å². The summed E-state index contributed by atoms with van der Waals surface area (Å²) in [5.41, 5.74) is 11.5. The van der Waals surface area contributed by atoms with Gasteiger partial charge in [0, 0.05) is 13.7 Å². The number of rotatable bonds is 8. The van der Waals surface area contributed by atoms with E-state index in [2.05, 4.69) is 10.3 Å². The topological polar surface area (TPSA) is 112 Å². The highest BCUT2D eigenvalue weighted by atomic mass is 16.5. The van der Waals surface area contributed by atoms with E-state index in [0.717, 1.165) is 0 Å². The van der Waals surface area contributed by atoms with Crippen molar-refractivity contribution in [1.29, 1.82) is 0 Å². The van der Waals surface area contributed by atoms with Crippen molar-refractivity contribution < 1.29 is 14.3 Å². The lowest BCUT2D eigenvalue weighted by Crippen LogP contribution is -2.17. The van der Waals surface area contributed by atoms with E-state index in [1.165, 1.54) is 6.07 Å². The predicted molar refractivity (Wildman–Crippen MR) is 68.4 cm³/mol. The van der Waals surface area contributed by atoms with Crippen LogP contribution in [0, 0.1) is 0 Å². The maximum absolute atomic E-state index is 11.0. The smallest absolute Gasteiger partial charge is 0.267 e. The number of methoxy groups -OCH3 is 1. The number of primary amides is 1. The minimum Gasteiger partial charge on any atom is -0.396 e. The zero-order chi connectivity index (χ0) is 13.4. The molecule has 7 nitrogen and oxygen atoms in total. The Bertz CT molecular complexity index is 398. The van der Waals surface area contributed by atoms with E-state index in [0.29, 0.717) is 37.9 Å². The number of nitrogen functional groups attached to an aromatic ring is 1. The number of nitrogens with zero attached hydrogens (tertiary/aromatic N) is 1. The molecule has 1 aromatic rings. The molecule has 18 heavy (non-hydrogen) atoms. The number of aromatic nitrogens is 1. The summed E-state index contributed by atoms with van der Waals surface area (Å²) in [6.45, 7) is 2.11. The number of carbonyl (C=O) groups excluding carboxylic acids is 1. The van der Waals surface area contributed by atoms with E-state index in [1.807, 2.05) is 0 Å². The number of nitrogens with one attached hydrogen (secondary N) is 1. The Labute approximate surface area is 105 Å². The number of nitrogens with two attached hydrogens (primary N) is 2. The van der Waals surface area contributed by atoms with Gasteiger partial charge in [-0.2, -0.15) is 0 Å². The molecule has 0 unspecified atom stereocenters. The Morgan fingerprint density at radius 3 is 2.83 bits per heavy atom. The first-order valence-electron chi connectivity index (χ1n) is 5.52. The summed E-state index contributed by atoms with van der Waals surface area (Å²) in [5.74, 6) is -0.156. The number of ether oxygens (including phenoxy) is 2. The van der Waals surface area contributed by atoms with Crippen molar-refractivity contribution in [2.75, 3.05) is 44.5 Å². The number of hydrogen-bond acceptors (Lipinski definition) is 6. The molecule has 0 aliphatic carbocycles. The number of amides is 1. The van der Waals surface area contributed by atoms with Gasteiger partial charge in [-0.3, -0.25) is 4.79 Å². The molecule has 5 N–H and O–H groups in total. The summed E-state index contributed by atoms with van der Waals surface area (Å²) in [7, 11) is 1.61. The average Bonchev–Trinajstić information content (AvgIpc) is 2.35. The third-order valence-electron chi connectivity index (χ3n) is 2.15. The monoisotopic (exact) mass is 254 g/mol. The molecule has 0 aliphatic rings. The molecule has 0 spiro atoms. The molecule has 1 aromatic heterocycles. The van der Waals surface area contributed by atoms with Gasteiger partial charge in [-0.15, -0.1) is 0 Å². The Kier molecular flexibility index (Phi) is 5.89. The summed E-state index contributed by atoms with van der Waals surface area (Å²) in [4.78, 5) is 15.0. The van der Waals surface area contributed by atoms with E-state index < -0.39 is 5.91 Å². The fourth-order valence-electron chi connectivity index (χ4n) is 1.23. The molecule has 0 aromatic carbocycles. The Morgan fingerprint density at radius 2 is 2.17 bits per heavy atom. The molecule has 7 heteroatoms. The van der Waals surface area contributed by atoms with Gasteiger partial charge in [0.05, 0.1) is 25.5 Å². The first-order valence-corrected chi connectivity index (χ1v) is 5.52. The maximum atomic E-state index is 11.0. The van der Waals surface area contributed by atoms with Crippen LogP contribution in [0.2, 0.25) is 0 Å². The van der Waals surface area contributed by atoms with Crippen molar-refractivity contribution in [3.63, 3.8) is 0 Å². The van der Waals surface area contributed by atoms with Gasteiger partial charge in [0.1, 0.15) is 11.5 Å². The van der Waals surface area contributed by atoms with Gasteiger partial charge in [-0.1, -0.05) is 0 Å². The Balaban J connectivity index is 2.41. The highest BCUT2D eigenvalue weighted by Crippen LogP contribution is 2.14. The van der Waals surface area contributed by atoms with Crippen LogP contribution in [0.25, 0.3) is 0 Å². The van der Waals surface area contributed by atoms with Gasteiger partial charge < -0.3 is 26.3 Å². The fourth-order valence-corrected chi connectivity index (χ4v) is 1.23. The minimum absolute atomic E-state index is 0.173. The third-order valence-corrected chi connectivity index (χ3v) is 2.15. The van der Waals surface area contributed by atoms with Gasteiger partial charge in [-0.25, -0.2) is 4.98 Å². The number of pyridine rings is 1. The number of anilines is 2. The summed E-state index contributed by atoms with van der Waals surface area (Å²) in [5, 5.41) is 2.98. The highest BCUT2D eigenvalue weighted by Gasteiger charge is 2.06. The zero-order valence-electron chi connectivity index (χ0n) is 10.3. The lowest BCUT2D eigenvalue weighted by molar-refractivity contribution is 0.0759. The standard InChI is InChI=1S/C11H18N4O3/c1-17-6-7-18-5-4-14-11-8(12)2-3-9(15-11)10(13)16/h2-3H,4-7,12H2,1H3,(H2,13,16)(H,14,15). The maximum Gasteiger partial charge on any atom is 0.267 e. The van der Waals surface area contributed by atoms with Gasteiger partial charge in [0.25, 0.3) is 5.91 Å². The van der Waals surface area contributed by atoms with Crippen LogP contribution in [0.5, 0.6) is 0 Å². The SMILES string of the molecule is COCCOCCNc1nc(C(N)=O)ccc1N. The van der Waals surface area contributed by atoms with Gasteiger partial charge >= 0.3 is 0 Å². The molecule has 0 fully saturated rings. The van der Waals surface area contributed by atoms with Crippen molar-refractivity contribution >= 4 is 17.4 Å². The molecular formula is C11H18N4O3. The van der Waals surface area contributed by atoms with Crippen molar-refractivity contribution in [3.8, 4) is 0 Å². The average molecular weight is 254 g/mol. The van der Waals surface area contributed by atoms with E-state index in [9.17, 15) is 4.79 Å². The molecule has 1 heterocycles. The predicted octanol–water partition coefficient (Wildman–Crippen LogP) is -0.162. The largest absolute Gasteiger partial charge is 0.396 e. The van der Waals surface area contributed by atoms with E-state index in [4.69, 9.17) is 20.9 Å². The van der Waals surface area contributed by atoms with Gasteiger partial charge in [0.2, 0.25) is 0 Å². The van der Waals surface area contributed by atoms with E-state index >= 15 is 0 Å². The molecule has 0 aliphatic heterocycles. The fraction of sp³-hybridized carbons (Fsp3) is 0.455. The van der Waals surface area contributed by atoms with Crippen LogP contribution in [0.15, 0.2) is 12.1 Å². The van der Waals surface area contributed by atoms with Crippen LogP contribution in [0.4, 0.5) is 11.5 Å². The normalized spacial score (nSPS) is 10.3. The number of hydrogen-bond donors (Lipinski definition) is 3. The molecule has 0 bridgehead atoms. The molecule has 0 atom stereocenters. The lowest BCUT2D eigenvalue weighted by Gasteiger charge is -2.09.